The maximum absolute atomic E-state index is 10.6. The lowest BCUT2D eigenvalue weighted by Crippen LogP contribution is -2.09. The molecule has 1 N–H and O–H groups in total. The van der Waals surface area contributed by atoms with E-state index in [1.165, 1.54) is 0 Å². The van der Waals surface area contributed by atoms with Gasteiger partial charge in [0.1, 0.15) is 24.7 Å². The van der Waals surface area contributed by atoms with Crippen LogP contribution in [0, 0.1) is 0 Å². The summed E-state index contributed by atoms with van der Waals surface area (Å²) in [5, 5.41) is 9.26. The van der Waals surface area contributed by atoms with Crippen LogP contribution in [0.5, 0.6) is 11.5 Å². The first-order chi connectivity index (χ1) is 10.6. The zero-order valence-corrected chi connectivity index (χ0v) is 12.8. The number of aliphatic carboxylic acids is 1. The number of ether oxygens (including phenoxy) is 2. The van der Waals surface area contributed by atoms with Gasteiger partial charge >= 0.3 is 5.97 Å². The van der Waals surface area contributed by atoms with Gasteiger partial charge in [-0.15, -0.1) is 0 Å². The smallest absolute Gasteiger partial charge is 0.303 e. The lowest BCUT2D eigenvalue weighted by molar-refractivity contribution is -0.136. The fraction of sp³-hybridized carbons (Fsp3) is 0.235. The Labute approximate surface area is 134 Å². The summed E-state index contributed by atoms with van der Waals surface area (Å²) in [6, 6.07) is 14.7. The van der Waals surface area contributed by atoms with Gasteiger partial charge in [-0.2, -0.15) is 0 Å². The van der Waals surface area contributed by atoms with E-state index in [0.717, 1.165) is 5.56 Å². The Morgan fingerprint density at radius 1 is 1.05 bits per heavy atom. The predicted molar refractivity (Wildman–Crippen MR) is 84.8 cm³/mol. The highest BCUT2D eigenvalue weighted by molar-refractivity contribution is 6.32. The lowest BCUT2D eigenvalue weighted by Gasteiger charge is -2.10. The van der Waals surface area contributed by atoms with Gasteiger partial charge in [-0.3, -0.25) is 4.79 Å². The maximum Gasteiger partial charge on any atom is 0.303 e. The quantitative estimate of drug-likeness (QED) is 0.751. The van der Waals surface area contributed by atoms with Crippen molar-refractivity contribution >= 4 is 17.6 Å². The van der Waals surface area contributed by atoms with Crippen molar-refractivity contribution in [3.05, 3.63) is 59.1 Å². The van der Waals surface area contributed by atoms with E-state index in [9.17, 15) is 4.79 Å². The van der Waals surface area contributed by atoms with E-state index in [1.54, 1.807) is 12.1 Å². The van der Waals surface area contributed by atoms with Crippen molar-refractivity contribution in [1.29, 1.82) is 0 Å². The van der Waals surface area contributed by atoms with E-state index in [4.69, 9.17) is 26.2 Å². The highest BCUT2D eigenvalue weighted by atomic mass is 35.5. The van der Waals surface area contributed by atoms with Gasteiger partial charge in [-0.25, -0.2) is 0 Å². The number of hydrogen-bond donors (Lipinski definition) is 1. The van der Waals surface area contributed by atoms with Crippen LogP contribution in [-0.2, 0) is 11.2 Å². The molecule has 4 nitrogen and oxygen atoms in total. The molecule has 0 aliphatic heterocycles. The third-order valence-electron chi connectivity index (χ3n) is 2.97. The number of aryl methyl sites for hydroxylation is 1. The first kappa shape index (κ1) is 16.2. The number of carboxylic acid groups (broad SMARTS) is 1. The second-order valence-corrected chi connectivity index (χ2v) is 5.08. The Kier molecular flexibility index (Phi) is 6.10. The van der Waals surface area contributed by atoms with Crippen LogP contribution in [0.15, 0.2) is 48.5 Å². The van der Waals surface area contributed by atoms with Gasteiger partial charge in [0.05, 0.1) is 5.02 Å². The summed E-state index contributed by atoms with van der Waals surface area (Å²) in [5.74, 6) is 0.521. The zero-order valence-electron chi connectivity index (χ0n) is 12.0. The van der Waals surface area contributed by atoms with E-state index in [1.807, 2.05) is 36.4 Å². The van der Waals surface area contributed by atoms with E-state index >= 15 is 0 Å². The van der Waals surface area contributed by atoms with Crippen molar-refractivity contribution in [1.82, 2.24) is 0 Å². The molecule has 0 aromatic heterocycles. The van der Waals surface area contributed by atoms with Gasteiger partial charge < -0.3 is 14.6 Å². The molecule has 0 saturated carbocycles. The summed E-state index contributed by atoms with van der Waals surface area (Å²) < 4.78 is 11.1. The van der Waals surface area contributed by atoms with Crippen LogP contribution in [0.25, 0.3) is 0 Å². The fourth-order valence-corrected chi connectivity index (χ4v) is 2.11. The molecular formula is C17H17ClO4. The van der Waals surface area contributed by atoms with Gasteiger partial charge in [-0.05, 0) is 36.2 Å². The zero-order chi connectivity index (χ0) is 15.8. The molecule has 5 heteroatoms. The minimum Gasteiger partial charge on any atom is -0.490 e. The second kappa shape index (κ2) is 8.29. The number of benzene rings is 2. The van der Waals surface area contributed by atoms with Gasteiger partial charge in [-0.1, -0.05) is 35.9 Å². The molecule has 116 valence electrons. The van der Waals surface area contributed by atoms with Gasteiger partial charge in [0.2, 0.25) is 0 Å². The van der Waals surface area contributed by atoms with Crippen LogP contribution in [0.4, 0.5) is 0 Å². The number of carbonyl (C=O) groups is 1. The summed E-state index contributed by atoms with van der Waals surface area (Å²) >= 11 is 5.99. The van der Waals surface area contributed by atoms with Crippen molar-refractivity contribution < 1.29 is 19.4 Å². The fourth-order valence-electron chi connectivity index (χ4n) is 1.91. The molecule has 0 fully saturated rings. The molecule has 0 amide bonds. The van der Waals surface area contributed by atoms with Crippen LogP contribution >= 0.6 is 11.6 Å². The Balaban J connectivity index is 1.78. The molecule has 2 rings (SSSR count). The Bertz CT molecular complexity index is 628. The monoisotopic (exact) mass is 320 g/mol. The number of hydrogen-bond acceptors (Lipinski definition) is 3. The highest BCUT2D eigenvalue weighted by Gasteiger charge is 2.02. The van der Waals surface area contributed by atoms with Crippen LogP contribution in [0.3, 0.4) is 0 Å². The Hall–Kier alpha value is -2.20. The van der Waals surface area contributed by atoms with E-state index < -0.39 is 5.97 Å². The molecule has 0 radical (unpaired) electrons. The summed E-state index contributed by atoms with van der Waals surface area (Å²) in [6.07, 6.45) is 0.599. The molecule has 0 bridgehead atoms. The molecule has 0 unspecified atom stereocenters. The minimum absolute atomic E-state index is 0.110. The average molecular weight is 321 g/mol. The molecule has 0 aliphatic carbocycles. The largest absolute Gasteiger partial charge is 0.490 e. The molecule has 0 spiro atoms. The standard InChI is InChI=1S/C17H17ClO4/c18-15-6-1-2-7-16(15)22-11-10-21-14-5-3-4-13(12-14)8-9-17(19)20/h1-7,12H,8-11H2,(H,19,20). The maximum atomic E-state index is 10.6. The van der Waals surface area contributed by atoms with Crippen molar-refractivity contribution in [3.8, 4) is 11.5 Å². The molecule has 0 saturated heterocycles. The first-order valence-electron chi connectivity index (χ1n) is 6.96. The van der Waals surface area contributed by atoms with E-state index in [0.29, 0.717) is 36.2 Å². The van der Waals surface area contributed by atoms with Crippen molar-refractivity contribution in [3.63, 3.8) is 0 Å². The van der Waals surface area contributed by atoms with Gasteiger partial charge in [0.25, 0.3) is 0 Å². The third kappa shape index (κ3) is 5.30. The molecule has 0 atom stereocenters. The number of rotatable bonds is 8. The van der Waals surface area contributed by atoms with Crippen LogP contribution in [0.1, 0.15) is 12.0 Å². The molecule has 22 heavy (non-hydrogen) atoms. The normalized spacial score (nSPS) is 10.2. The van der Waals surface area contributed by atoms with Crippen LogP contribution in [0.2, 0.25) is 5.02 Å². The first-order valence-corrected chi connectivity index (χ1v) is 7.34. The molecule has 0 aliphatic rings. The lowest BCUT2D eigenvalue weighted by atomic mass is 10.1. The summed E-state index contributed by atoms with van der Waals surface area (Å²) in [6.45, 7) is 0.761. The predicted octanol–water partition coefficient (Wildman–Crippen LogP) is 3.82. The summed E-state index contributed by atoms with van der Waals surface area (Å²) in [5.41, 5.74) is 0.937. The molecule has 2 aromatic rings. The van der Waals surface area contributed by atoms with E-state index in [2.05, 4.69) is 0 Å². The van der Waals surface area contributed by atoms with Gasteiger partial charge in [0, 0.05) is 6.42 Å². The van der Waals surface area contributed by atoms with Crippen molar-refractivity contribution in [2.75, 3.05) is 13.2 Å². The molecule has 2 aromatic carbocycles. The number of para-hydroxylation sites is 1. The molecule has 0 heterocycles. The van der Waals surface area contributed by atoms with E-state index in [-0.39, 0.29) is 6.42 Å². The third-order valence-corrected chi connectivity index (χ3v) is 3.28. The number of halogens is 1. The average Bonchev–Trinajstić information content (AvgIpc) is 2.51. The summed E-state index contributed by atoms with van der Waals surface area (Å²) in [4.78, 5) is 10.6. The highest BCUT2D eigenvalue weighted by Crippen LogP contribution is 2.23. The van der Waals surface area contributed by atoms with Crippen molar-refractivity contribution in [2.24, 2.45) is 0 Å². The van der Waals surface area contributed by atoms with Crippen LogP contribution in [-0.4, -0.2) is 24.3 Å². The van der Waals surface area contributed by atoms with Crippen LogP contribution < -0.4 is 9.47 Å². The SMILES string of the molecule is O=C(O)CCc1cccc(OCCOc2ccccc2Cl)c1. The summed E-state index contributed by atoms with van der Waals surface area (Å²) in [7, 11) is 0. The Morgan fingerprint density at radius 3 is 2.59 bits per heavy atom. The van der Waals surface area contributed by atoms with Gasteiger partial charge in [0.15, 0.2) is 0 Å². The topological polar surface area (TPSA) is 55.8 Å². The minimum atomic E-state index is -0.806. The Morgan fingerprint density at radius 2 is 1.82 bits per heavy atom. The number of carboxylic acids is 1. The molecular weight excluding hydrogens is 304 g/mol. The van der Waals surface area contributed by atoms with Crippen molar-refractivity contribution in [2.45, 2.75) is 12.8 Å². The second-order valence-electron chi connectivity index (χ2n) is 4.67.